The maximum Gasteiger partial charge on any atom is 0.205 e. The molecule has 4 nitrogen and oxygen atoms in total. The molecule has 2 rings (SSSR count). The number of aromatic nitrogens is 2. The van der Waals surface area contributed by atoms with Gasteiger partial charge in [-0.15, -0.1) is 0 Å². The number of nitrogens with zero attached hydrogens (tertiary/aromatic N) is 2. The zero-order chi connectivity index (χ0) is 9.26. The molecule has 0 spiro atoms. The van der Waals surface area contributed by atoms with Gasteiger partial charge in [-0.2, -0.15) is 0 Å². The molecule has 0 aliphatic carbocycles. The zero-order valence-corrected chi connectivity index (χ0v) is 7.36. The van der Waals surface area contributed by atoms with Gasteiger partial charge >= 0.3 is 0 Å². The van der Waals surface area contributed by atoms with Crippen molar-refractivity contribution in [2.24, 2.45) is 0 Å². The number of fused-ring (bicyclic) bond motifs is 1. The van der Waals surface area contributed by atoms with Crippen LogP contribution < -0.4 is 0 Å². The third kappa shape index (κ3) is 1.56. The molecule has 0 bridgehead atoms. The highest BCUT2D eigenvalue weighted by atomic mass is 32.2. The highest BCUT2D eigenvalue weighted by molar-refractivity contribution is 7.79. The molecule has 2 aromatic rings. The lowest BCUT2D eigenvalue weighted by Gasteiger charge is -1.96. The van der Waals surface area contributed by atoms with Crippen LogP contribution in [-0.2, 0) is 11.1 Å². The van der Waals surface area contributed by atoms with Crippen molar-refractivity contribution in [1.82, 2.24) is 9.97 Å². The van der Waals surface area contributed by atoms with Gasteiger partial charge in [-0.25, -0.2) is 9.19 Å². The van der Waals surface area contributed by atoms with Gasteiger partial charge < -0.3 is 4.55 Å². The van der Waals surface area contributed by atoms with Gasteiger partial charge in [0.1, 0.15) is 0 Å². The van der Waals surface area contributed by atoms with E-state index in [1.54, 1.807) is 12.3 Å². The highest BCUT2D eigenvalue weighted by Gasteiger charge is 2.02. The van der Waals surface area contributed by atoms with Gasteiger partial charge in [0.05, 0.1) is 5.52 Å². The maximum absolute atomic E-state index is 10.7. The summed E-state index contributed by atoms with van der Waals surface area (Å²) < 4.78 is 19.4. The van der Waals surface area contributed by atoms with Crippen molar-refractivity contribution in [3.8, 4) is 0 Å². The third-order valence-electron chi connectivity index (χ3n) is 1.64. The van der Waals surface area contributed by atoms with E-state index < -0.39 is 11.1 Å². The maximum atomic E-state index is 10.7. The largest absolute Gasteiger partial charge is 0.301 e. The number of pyridine rings is 2. The summed E-state index contributed by atoms with van der Waals surface area (Å²) in [6.45, 7) is 0. The van der Waals surface area contributed by atoms with Crippen molar-refractivity contribution in [3.63, 3.8) is 0 Å². The van der Waals surface area contributed by atoms with Gasteiger partial charge in [0.15, 0.2) is 5.03 Å². The topological polar surface area (TPSA) is 63.1 Å². The summed E-state index contributed by atoms with van der Waals surface area (Å²) in [5.74, 6) is 0. The van der Waals surface area contributed by atoms with Gasteiger partial charge in [0.25, 0.3) is 0 Å². The molecule has 0 aliphatic rings. The molecule has 2 aromatic heterocycles. The summed E-state index contributed by atoms with van der Waals surface area (Å²) in [6.07, 6.45) is 3.16. The van der Waals surface area contributed by atoms with E-state index in [2.05, 4.69) is 9.97 Å². The lowest BCUT2D eigenvalue weighted by Crippen LogP contribution is -1.92. The summed E-state index contributed by atoms with van der Waals surface area (Å²) in [7, 11) is 0. The van der Waals surface area contributed by atoms with E-state index in [4.69, 9.17) is 4.55 Å². The zero-order valence-electron chi connectivity index (χ0n) is 6.54. The van der Waals surface area contributed by atoms with Gasteiger partial charge in [-0.05, 0) is 12.1 Å². The summed E-state index contributed by atoms with van der Waals surface area (Å²) in [5.41, 5.74) is 0.676. The van der Waals surface area contributed by atoms with Crippen LogP contribution in [0.4, 0.5) is 0 Å². The fourth-order valence-corrected chi connectivity index (χ4v) is 1.40. The Labute approximate surface area is 76.9 Å². The highest BCUT2D eigenvalue weighted by Crippen LogP contribution is 2.11. The quantitative estimate of drug-likeness (QED) is 0.693. The minimum absolute atomic E-state index is 0.131. The van der Waals surface area contributed by atoms with E-state index in [9.17, 15) is 4.21 Å². The summed E-state index contributed by atoms with van der Waals surface area (Å²) in [5, 5.41) is 0.989. The molecule has 0 amide bonds. The predicted molar refractivity (Wildman–Crippen MR) is 48.6 cm³/mol. The molecular formula is C8H6N2O2S. The Kier molecular flexibility index (Phi) is 2.03. The average Bonchev–Trinajstić information content (AvgIpc) is 2.17. The second-order valence-corrected chi connectivity index (χ2v) is 3.38. The first-order chi connectivity index (χ1) is 6.27. The minimum Gasteiger partial charge on any atom is -0.301 e. The van der Waals surface area contributed by atoms with Crippen LogP contribution in [0.5, 0.6) is 0 Å². The molecule has 0 fully saturated rings. The van der Waals surface area contributed by atoms with Crippen LogP contribution in [0.15, 0.2) is 35.6 Å². The summed E-state index contributed by atoms with van der Waals surface area (Å²) >= 11 is -2.04. The van der Waals surface area contributed by atoms with Gasteiger partial charge in [0.2, 0.25) is 11.1 Å². The van der Waals surface area contributed by atoms with Crippen molar-refractivity contribution in [2.75, 3.05) is 0 Å². The standard InChI is InChI=1S/C8H6N2O2S/c11-13(12)8-4-7-6(5-10-8)2-1-3-9-7/h1-5H,(H,11,12). The van der Waals surface area contributed by atoms with Crippen molar-refractivity contribution < 1.29 is 8.76 Å². The van der Waals surface area contributed by atoms with Crippen LogP contribution in [0.1, 0.15) is 0 Å². The molecule has 0 radical (unpaired) electrons. The Morgan fingerprint density at radius 3 is 3.00 bits per heavy atom. The van der Waals surface area contributed by atoms with Crippen molar-refractivity contribution >= 4 is 22.0 Å². The fourth-order valence-electron chi connectivity index (χ4n) is 1.04. The van der Waals surface area contributed by atoms with Crippen molar-refractivity contribution in [2.45, 2.75) is 5.03 Å². The molecule has 66 valence electrons. The molecule has 0 saturated carbocycles. The number of hydrogen-bond donors (Lipinski definition) is 1. The lowest BCUT2D eigenvalue weighted by atomic mass is 10.3. The molecule has 5 heteroatoms. The Morgan fingerprint density at radius 1 is 1.38 bits per heavy atom. The molecule has 0 aromatic carbocycles. The van der Waals surface area contributed by atoms with Gasteiger partial charge in [-0.1, -0.05) is 0 Å². The van der Waals surface area contributed by atoms with Gasteiger partial charge in [-0.3, -0.25) is 4.98 Å². The van der Waals surface area contributed by atoms with Crippen LogP contribution in [0.25, 0.3) is 10.9 Å². The van der Waals surface area contributed by atoms with Crippen LogP contribution in [0.2, 0.25) is 0 Å². The first kappa shape index (κ1) is 8.28. The van der Waals surface area contributed by atoms with Crippen molar-refractivity contribution in [1.29, 1.82) is 0 Å². The smallest absolute Gasteiger partial charge is 0.205 e. The fraction of sp³-hybridized carbons (Fsp3) is 0. The van der Waals surface area contributed by atoms with Crippen LogP contribution in [-0.4, -0.2) is 18.7 Å². The van der Waals surface area contributed by atoms with E-state index in [0.717, 1.165) is 5.39 Å². The van der Waals surface area contributed by atoms with E-state index in [1.807, 2.05) is 6.07 Å². The lowest BCUT2D eigenvalue weighted by molar-refractivity contribution is 0.560. The predicted octanol–water partition coefficient (Wildman–Crippen LogP) is 1.21. The molecule has 0 saturated heterocycles. The first-order valence-electron chi connectivity index (χ1n) is 3.59. The number of rotatable bonds is 1. The van der Waals surface area contributed by atoms with Crippen LogP contribution in [0, 0.1) is 0 Å². The second-order valence-electron chi connectivity index (χ2n) is 2.47. The Hall–Kier alpha value is -1.33. The third-order valence-corrected chi connectivity index (χ3v) is 2.22. The Bertz CT molecular complexity index is 472. The monoisotopic (exact) mass is 194 g/mol. The van der Waals surface area contributed by atoms with Crippen LogP contribution in [0.3, 0.4) is 0 Å². The molecule has 2 heterocycles. The molecular weight excluding hydrogens is 188 g/mol. The SMILES string of the molecule is O=S(O)c1cc2ncccc2cn1. The first-order valence-corrected chi connectivity index (χ1v) is 4.70. The molecule has 13 heavy (non-hydrogen) atoms. The summed E-state index contributed by atoms with van der Waals surface area (Å²) in [6, 6.07) is 5.14. The van der Waals surface area contributed by atoms with Gasteiger partial charge in [0, 0.05) is 23.8 Å². The Balaban J connectivity index is 2.69. The van der Waals surface area contributed by atoms with E-state index in [1.165, 1.54) is 12.3 Å². The Morgan fingerprint density at radius 2 is 2.23 bits per heavy atom. The van der Waals surface area contributed by atoms with E-state index in [-0.39, 0.29) is 5.03 Å². The second kappa shape index (κ2) is 3.20. The van der Waals surface area contributed by atoms with E-state index >= 15 is 0 Å². The molecule has 1 atom stereocenters. The van der Waals surface area contributed by atoms with Crippen molar-refractivity contribution in [3.05, 3.63) is 30.6 Å². The van der Waals surface area contributed by atoms with Crippen LogP contribution >= 0.6 is 0 Å². The minimum atomic E-state index is -2.04. The normalized spacial score (nSPS) is 13.0. The summed E-state index contributed by atoms with van der Waals surface area (Å²) in [4.78, 5) is 7.85. The molecule has 0 aliphatic heterocycles. The average molecular weight is 194 g/mol. The van der Waals surface area contributed by atoms with E-state index in [0.29, 0.717) is 5.52 Å². The molecule has 1 N–H and O–H groups in total. The number of hydrogen-bond acceptors (Lipinski definition) is 3. The molecule has 1 unspecified atom stereocenters.